The standard InChI is InChI=1S/C9H18ClNO3S/c10-5-1-2-7-15(13,14)11-6-3-4-9(12)8-11/h9,12H,1-8H2/t9-/m0/s1. The highest BCUT2D eigenvalue weighted by molar-refractivity contribution is 7.89. The van der Waals surface area contributed by atoms with Gasteiger partial charge in [0, 0.05) is 19.0 Å². The van der Waals surface area contributed by atoms with Crippen molar-refractivity contribution in [3.8, 4) is 0 Å². The Morgan fingerprint density at radius 1 is 1.40 bits per heavy atom. The van der Waals surface area contributed by atoms with Gasteiger partial charge in [0.15, 0.2) is 0 Å². The number of hydrogen-bond donors (Lipinski definition) is 1. The molecule has 1 atom stereocenters. The number of hydrogen-bond acceptors (Lipinski definition) is 3. The van der Waals surface area contributed by atoms with E-state index in [9.17, 15) is 13.5 Å². The van der Waals surface area contributed by atoms with Gasteiger partial charge < -0.3 is 5.11 Å². The van der Waals surface area contributed by atoms with Crippen LogP contribution in [-0.4, -0.2) is 48.7 Å². The molecular formula is C9H18ClNO3S. The molecule has 0 saturated carbocycles. The molecule has 0 aromatic rings. The number of sulfonamides is 1. The summed E-state index contributed by atoms with van der Waals surface area (Å²) in [5, 5.41) is 9.39. The smallest absolute Gasteiger partial charge is 0.214 e. The Balaban J connectivity index is 2.45. The van der Waals surface area contributed by atoms with Gasteiger partial charge in [-0.05, 0) is 25.7 Å². The molecule has 0 spiro atoms. The quantitative estimate of drug-likeness (QED) is 0.584. The van der Waals surface area contributed by atoms with Crippen LogP contribution in [0.1, 0.15) is 25.7 Å². The number of halogens is 1. The normalized spacial score (nSPS) is 24.3. The molecule has 0 radical (unpaired) electrons. The summed E-state index contributed by atoms with van der Waals surface area (Å²) in [7, 11) is -3.17. The SMILES string of the molecule is O=S(=O)(CCCCCl)N1CCC[C@H](O)C1. The number of aliphatic hydroxyl groups excluding tert-OH is 1. The van der Waals surface area contributed by atoms with Gasteiger partial charge in [-0.3, -0.25) is 0 Å². The van der Waals surface area contributed by atoms with Gasteiger partial charge in [0.05, 0.1) is 11.9 Å². The van der Waals surface area contributed by atoms with Crippen LogP contribution < -0.4 is 0 Å². The van der Waals surface area contributed by atoms with Crippen molar-refractivity contribution >= 4 is 21.6 Å². The summed E-state index contributed by atoms with van der Waals surface area (Å²) in [6, 6.07) is 0. The Bertz CT molecular complexity index is 281. The molecule has 15 heavy (non-hydrogen) atoms. The number of unbranched alkanes of at least 4 members (excludes halogenated alkanes) is 1. The van der Waals surface area contributed by atoms with Crippen molar-refractivity contribution < 1.29 is 13.5 Å². The third-order valence-electron chi connectivity index (χ3n) is 2.54. The van der Waals surface area contributed by atoms with Crippen molar-refractivity contribution in [2.24, 2.45) is 0 Å². The fraction of sp³-hybridized carbons (Fsp3) is 1.00. The van der Waals surface area contributed by atoms with Crippen molar-refractivity contribution in [2.45, 2.75) is 31.8 Å². The minimum atomic E-state index is -3.17. The molecule has 0 bridgehead atoms. The number of alkyl halides is 1. The molecule has 0 aromatic heterocycles. The molecule has 4 nitrogen and oxygen atoms in total. The van der Waals surface area contributed by atoms with Crippen molar-refractivity contribution in [3.63, 3.8) is 0 Å². The molecular weight excluding hydrogens is 238 g/mol. The third-order valence-corrected chi connectivity index (χ3v) is 4.73. The highest BCUT2D eigenvalue weighted by atomic mass is 35.5. The van der Waals surface area contributed by atoms with E-state index >= 15 is 0 Å². The maximum atomic E-state index is 11.8. The Labute approximate surface area is 96.3 Å². The Morgan fingerprint density at radius 2 is 2.13 bits per heavy atom. The first kappa shape index (κ1) is 13.2. The van der Waals surface area contributed by atoms with E-state index in [-0.39, 0.29) is 12.3 Å². The lowest BCUT2D eigenvalue weighted by molar-refractivity contribution is 0.108. The predicted octanol–water partition coefficient (Wildman–Crippen LogP) is 0.792. The molecule has 0 aromatic carbocycles. The molecule has 1 saturated heterocycles. The van der Waals surface area contributed by atoms with Gasteiger partial charge in [0.2, 0.25) is 10.0 Å². The molecule has 0 unspecified atom stereocenters. The van der Waals surface area contributed by atoms with Crippen molar-refractivity contribution in [1.82, 2.24) is 4.31 Å². The summed E-state index contributed by atoms with van der Waals surface area (Å²) in [5.74, 6) is 0.643. The molecule has 1 heterocycles. The van der Waals surface area contributed by atoms with Crippen LogP contribution in [0.2, 0.25) is 0 Å². The first-order chi connectivity index (χ1) is 7.06. The maximum Gasteiger partial charge on any atom is 0.214 e. The zero-order valence-electron chi connectivity index (χ0n) is 8.73. The van der Waals surface area contributed by atoms with E-state index in [1.54, 1.807) is 0 Å². The molecule has 90 valence electrons. The monoisotopic (exact) mass is 255 g/mol. The summed E-state index contributed by atoms with van der Waals surface area (Å²) in [5.41, 5.74) is 0. The number of rotatable bonds is 5. The van der Waals surface area contributed by atoms with E-state index < -0.39 is 16.1 Å². The molecule has 0 amide bonds. The first-order valence-electron chi connectivity index (χ1n) is 5.28. The maximum absolute atomic E-state index is 11.8. The molecule has 1 N–H and O–H groups in total. The minimum Gasteiger partial charge on any atom is -0.392 e. The highest BCUT2D eigenvalue weighted by Gasteiger charge is 2.27. The lowest BCUT2D eigenvalue weighted by atomic mass is 10.1. The van der Waals surface area contributed by atoms with Gasteiger partial charge in [-0.2, -0.15) is 4.31 Å². The van der Waals surface area contributed by atoms with Crippen LogP contribution in [-0.2, 0) is 10.0 Å². The second-order valence-electron chi connectivity index (χ2n) is 3.87. The molecule has 0 aliphatic carbocycles. The number of nitrogens with zero attached hydrogens (tertiary/aromatic N) is 1. The Morgan fingerprint density at radius 3 is 2.73 bits per heavy atom. The molecule has 6 heteroatoms. The average molecular weight is 256 g/mol. The molecule has 1 fully saturated rings. The van der Waals surface area contributed by atoms with Gasteiger partial charge in [-0.15, -0.1) is 11.6 Å². The van der Waals surface area contributed by atoms with Gasteiger partial charge in [-0.25, -0.2) is 8.42 Å². The van der Waals surface area contributed by atoms with Gasteiger partial charge in [0.25, 0.3) is 0 Å². The summed E-state index contributed by atoms with van der Waals surface area (Å²) in [6.45, 7) is 0.795. The lowest BCUT2D eigenvalue weighted by Crippen LogP contribution is -2.43. The lowest BCUT2D eigenvalue weighted by Gasteiger charge is -2.29. The predicted molar refractivity (Wildman–Crippen MR) is 60.6 cm³/mol. The Hall–Kier alpha value is 0.160. The van der Waals surface area contributed by atoms with Crippen molar-refractivity contribution in [3.05, 3.63) is 0 Å². The van der Waals surface area contributed by atoms with Crippen molar-refractivity contribution in [2.75, 3.05) is 24.7 Å². The Kier molecular flexibility index (Phi) is 5.32. The molecule has 1 aliphatic rings. The second-order valence-corrected chi connectivity index (χ2v) is 6.33. The van der Waals surface area contributed by atoms with Crippen LogP contribution in [0.4, 0.5) is 0 Å². The molecule has 1 rings (SSSR count). The van der Waals surface area contributed by atoms with Crippen LogP contribution in [0.25, 0.3) is 0 Å². The highest BCUT2D eigenvalue weighted by Crippen LogP contribution is 2.15. The number of aliphatic hydroxyl groups is 1. The zero-order valence-corrected chi connectivity index (χ0v) is 10.3. The van der Waals surface area contributed by atoms with E-state index in [4.69, 9.17) is 11.6 Å². The van der Waals surface area contributed by atoms with Crippen LogP contribution in [0, 0.1) is 0 Å². The van der Waals surface area contributed by atoms with E-state index in [1.807, 2.05) is 0 Å². The first-order valence-corrected chi connectivity index (χ1v) is 7.42. The fourth-order valence-corrected chi connectivity index (χ4v) is 3.50. The van der Waals surface area contributed by atoms with E-state index in [0.29, 0.717) is 25.3 Å². The number of piperidine rings is 1. The van der Waals surface area contributed by atoms with Crippen LogP contribution in [0.15, 0.2) is 0 Å². The van der Waals surface area contributed by atoms with Crippen LogP contribution in [0.5, 0.6) is 0 Å². The fourth-order valence-electron chi connectivity index (χ4n) is 1.68. The van der Waals surface area contributed by atoms with E-state index in [1.165, 1.54) is 4.31 Å². The summed E-state index contributed by atoms with van der Waals surface area (Å²) < 4.78 is 25.0. The average Bonchev–Trinajstić information content (AvgIpc) is 2.18. The third kappa shape index (κ3) is 4.26. The summed E-state index contributed by atoms with van der Waals surface area (Å²) >= 11 is 5.49. The van der Waals surface area contributed by atoms with E-state index in [2.05, 4.69) is 0 Å². The van der Waals surface area contributed by atoms with Crippen LogP contribution in [0.3, 0.4) is 0 Å². The second kappa shape index (κ2) is 6.03. The van der Waals surface area contributed by atoms with Gasteiger partial charge in [0.1, 0.15) is 0 Å². The van der Waals surface area contributed by atoms with Crippen LogP contribution >= 0.6 is 11.6 Å². The van der Waals surface area contributed by atoms with Gasteiger partial charge in [-0.1, -0.05) is 0 Å². The number of β-amino-alcohol motifs (C(OH)–C–C–N with tert-alkyl or cyclic N) is 1. The van der Waals surface area contributed by atoms with E-state index in [0.717, 1.165) is 12.8 Å². The molecule has 1 aliphatic heterocycles. The largest absolute Gasteiger partial charge is 0.392 e. The van der Waals surface area contributed by atoms with Gasteiger partial charge >= 0.3 is 0 Å². The zero-order chi connectivity index (χ0) is 11.3. The minimum absolute atomic E-state index is 0.145. The summed E-state index contributed by atoms with van der Waals surface area (Å²) in [4.78, 5) is 0. The summed E-state index contributed by atoms with van der Waals surface area (Å²) in [6.07, 6.45) is 2.26. The van der Waals surface area contributed by atoms with Crippen molar-refractivity contribution in [1.29, 1.82) is 0 Å². The topological polar surface area (TPSA) is 57.6 Å².